The minimum absolute atomic E-state index is 0.102. The van der Waals surface area contributed by atoms with Crippen LogP contribution in [0.15, 0.2) is 5.10 Å². The van der Waals surface area contributed by atoms with Crippen molar-refractivity contribution in [2.45, 2.75) is 19.8 Å². The van der Waals surface area contributed by atoms with E-state index in [0.717, 1.165) is 12.1 Å². The maximum absolute atomic E-state index is 11.1. The summed E-state index contributed by atoms with van der Waals surface area (Å²) in [7, 11) is 0. The Balaban J connectivity index is 2.67. The van der Waals surface area contributed by atoms with Crippen molar-refractivity contribution in [1.82, 2.24) is 5.01 Å². The van der Waals surface area contributed by atoms with Crippen LogP contribution in [0.2, 0.25) is 0 Å². The Morgan fingerprint density at radius 2 is 2.36 bits per heavy atom. The summed E-state index contributed by atoms with van der Waals surface area (Å²) in [5, 5.41) is 5.55. The second-order valence-corrected chi connectivity index (χ2v) is 2.48. The van der Waals surface area contributed by atoms with Gasteiger partial charge < -0.3 is 5.73 Å². The second kappa shape index (κ2) is 3.48. The highest BCUT2D eigenvalue weighted by atomic mass is 16.2. The molecule has 0 atom stereocenters. The van der Waals surface area contributed by atoms with Crippen molar-refractivity contribution in [3.8, 4) is 0 Å². The van der Waals surface area contributed by atoms with Crippen molar-refractivity contribution in [3.63, 3.8) is 0 Å². The fourth-order valence-corrected chi connectivity index (χ4v) is 1.05. The van der Waals surface area contributed by atoms with Crippen LogP contribution < -0.4 is 5.73 Å². The Morgan fingerprint density at radius 1 is 1.64 bits per heavy atom. The van der Waals surface area contributed by atoms with Crippen molar-refractivity contribution in [2.75, 3.05) is 13.1 Å². The predicted octanol–water partition coefficient (Wildman–Crippen LogP) is -0.0566. The molecule has 4 nitrogen and oxygen atoms in total. The van der Waals surface area contributed by atoms with Gasteiger partial charge in [0.25, 0.3) is 0 Å². The number of amides is 1. The summed E-state index contributed by atoms with van der Waals surface area (Å²) < 4.78 is 0. The van der Waals surface area contributed by atoms with E-state index in [-0.39, 0.29) is 5.91 Å². The van der Waals surface area contributed by atoms with E-state index >= 15 is 0 Å². The lowest BCUT2D eigenvalue weighted by Gasteiger charge is -2.21. The van der Waals surface area contributed by atoms with Gasteiger partial charge in [0.2, 0.25) is 5.91 Å². The number of carbonyl (C=O) groups excluding carboxylic acids is 1. The molecule has 0 aromatic carbocycles. The zero-order chi connectivity index (χ0) is 8.27. The Bertz CT molecular complexity index is 188. The first-order valence-electron chi connectivity index (χ1n) is 3.84. The highest BCUT2D eigenvalue weighted by Crippen LogP contribution is 2.07. The van der Waals surface area contributed by atoms with E-state index in [1.54, 1.807) is 0 Å². The van der Waals surface area contributed by atoms with E-state index in [1.807, 2.05) is 6.92 Å². The molecule has 11 heavy (non-hydrogen) atoms. The minimum Gasteiger partial charge on any atom is -0.325 e. The van der Waals surface area contributed by atoms with Crippen LogP contribution >= 0.6 is 0 Å². The molecule has 1 aliphatic rings. The summed E-state index contributed by atoms with van der Waals surface area (Å²) in [5.41, 5.74) is 6.32. The van der Waals surface area contributed by atoms with Gasteiger partial charge in [-0.25, -0.2) is 5.01 Å². The lowest BCUT2D eigenvalue weighted by Crippen LogP contribution is -2.33. The van der Waals surface area contributed by atoms with Gasteiger partial charge in [-0.2, -0.15) is 5.10 Å². The fraction of sp³-hybridized carbons (Fsp3) is 0.714. The van der Waals surface area contributed by atoms with Crippen LogP contribution in [-0.4, -0.2) is 29.7 Å². The topological polar surface area (TPSA) is 58.7 Å². The second-order valence-electron chi connectivity index (χ2n) is 2.48. The van der Waals surface area contributed by atoms with Gasteiger partial charge >= 0.3 is 0 Å². The molecule has 0 saturated carbocycles. The summed E-state index contributed by atoms with van der Waals surface area (Å²) in [6.45, 7) is 3.01. The molecule has 0 bridgehead atoms. The molecule has 1 aliphatic heterocycles. The van der Waals surface area contributed by atoms with Gasteiger partial charge in [-0.15, -0.1) is 0 Å². The Labute approximate surface area is 66.0 Å². The van der Waals surface area contributed by atoms with Gasteiger partial charge in [-0.05, 0) is 13.3 Å². The van der Waals surface area contributed by atoms with Gasteiger partial charge in [0, 0.05) is 19.5 Å². The third kappa shape index (κ3) is 1.77. The standard InChI is InChI=1S/C7H13N3O/c1-2-10-7(11)4-3-6(5-8)9-10/h2-5,8H2,1H3. The van der Waals surface area contributed by atoms with Crippen LogP contribution in [0.3, 0.4) is 0 Å². The molecular weight excluding hydrogens is 142 g/mol. The number of nitrogens with zero attached hydrogens (tertiary/aromatic N) is 2. The third-order valence-electron chi connectivity index (χ3n) is 1.71. The summed E-state index contributed by atoms with van der Waals surface area (Å²) in [4.78, 5) is 11.1. The number of rotatable bonds is 2. The molecule has 0 fully saturated rings. The number of nitrogens with two attached hydrogens (primary N) is 1. The molecule has 0 saturated heterocycles. The molecule has 1 amide bonds. The van der Waals surface area contributed by atoms with Crippen LogP contribution in [0.4, 0.5) is 0 Å². The van der Waals surface area contributed by atoms with E-state index in [4.69, 9.17) is 5.73 Å². The fourth-order valence-electron chi connectivity index (χ4n) is 1.05. The molecule has 0 unspecified atom stereocenters. The van der Waals surface area contributed by atoms with Crippen molar-refractivity contribution in [3.05, 3.63) is 0 Å². The molecule has 0 radical (unpaired) electrons. The first-order valence-corrected chi connectivity index (χ1v) is 3.84. The zero-order valence-electron chi connectivity index (χ0n) is 6.71. The van der Waals surface area contributed by atoms with E-state index in [0.29, 0.717) is 19.5 Å². The maximum Gasteiger partial charge on any atom is 0.243 e. The average molecular weight is 155 g/mol. The molecule has 1 heterocycles. The Hall–Kier alpha value is -0.900. The first-order chi connectivity index (χ1) is 5.27. The van der Waals surface area contributed by atoms with Crippen molar-refractivity contribution >= 4 is 11.6 Å². The number of hydrogen-bond acceptors (Lipinski definition) is 3. The van der Waals surface area contributed by atoms with Gasteiger partial charge in [-0.1, -0.05) is 0 Å². The summed E-state index contributed by atoms with van der Waals surface area (Å²) in [6, 6.07) is 0. The average Bonchev–Trinajstić information content (AvgIpc) is 2.05. The van der Waals surface area contributed by atoms with Gasteiger partial charge in [-0.3, -0.25) is 4.79 Å². The number of hydrazone groups is 1. The van der Waals surface area contributed by atoms with E-state index in [9.17, 15) is 4.79 Å². The molecule has 0 aromatic heterocycles. The molecule has 4 heteroatoms. The summed E-state index contributed by atoms with van der Waals surface area (Å²) in [6.07, 6.45) is 1.29. The lowest BCUT2D eigenvalue weighted by atomic mass is 10.2. The molecular formula is C7H13N3O. The SMILES string of the molecule is CCN1N=C(CN)CCC1=O. The Kier molecular flexibility index (Phi) is 2.59. The maximum atomic E-state index is 11.1. The lowest BCUT2D eigenvalue weighted by molar-refractivity contribution is -0.131. The predicted molar refractivity (Wildman–Crippen MR) is 43.1 cm³/mol. The van der Waals surface area contributed by atoms with Crippen LogP contribution in [0, 0.1) is 0 Å². The molecule has 2 N–H and O–H groups in total. The van der Waals surface area contributed by atoms with Crippen molar-refractivity contribution in [1.29, 1.82) is 0 Å². The van der Waals surface area contributed by atoms with Gasteiger partial charge in [0.1, 0.15) is 0 Å². The molecule has 0 spiro atoms. The van der Waals surface area contributed by atoms with Gasteiger partial charge in [0.15, 0.2) is 0 Å². The highest BCUT2D eigenvalue weighted by Gasteiger charge is 2.17. The number of hydrogen-bond donors (Lipinski definition) is 1. The molecule has 62 valence electrons. The molecule has 0 aliphatic carbocycles. The summed E-state index contributed by atoms with van der Waals surface area (Å²) >= 11 is 0. The van der Waals surface area contributed by atoms with Crippen LogP contribution in [0.1, 0.15) is 19.8 Å². The van der Waals surface area contributed by atoms with E-state index in [2.05, 4.69) is 5.10 Å². The minimum atomic E-state index is 0.102. The van der Waals surface area contributed by atoms with Gasteiger partial charge in [0.05, 0.1) is 5.71 Å². The van der Waals surface area contributed by atoms with E-state index in [1.165, 1.54) is 5.01 Å². The zero-order valence-corrected chi connectivity index (χ0v) is 6.71. The summed E-state index contributed by atoms with van der Waals surface area (Å²) in [5.74, 6) is 0.102. The molecule has 1 rings (SSSR count). The Morgan fingerprint density at radius 3 is 2.91 bits per heavy atom. The highest BCUT2D eigenvalue weighted by molar-refractivity contribution is 5.93. The van der Waals surface area contributed by atoms with E-state index < -0.39 is 0 Å². The first kappa shape index (κ1) is 8.20. The third-order valence-corrected chi connectivity index (χ3v) is 1.71. The van der Waals surface area contributed by atoms with Crippen LogP contribution in [0.5, 0.6) is 0 Å². The number of carbonyl (C=O) groups is 1. The normalized spacial score (nSPS) is 18.5. The van der Waals surface area contributed by atoms with Crippen LogP contribution in [-0.2, 0) is 4.79 Å². The quantitative estimate of drug-likeness (QED) is 0.607. The monoisotopic (exact) mass is 155 g/mol. The van der Waals surface area contributed by atoms with Crippen molar-refractivity contribution in [2.24, 2.45) is 10.8 Å². The van der Waals surface area contributed by atoms with Crippen molar-refractivity contribution < 1.29 is 4.79 Å². The van der Waals surface area contributed by atoms with Crippen LogP contribution in [0.25, 0.3) is 0 Å². The smallest absolute Gasteiger partial charge is 0.243 e. The largest absolute Gasteiger partial charge is 0.325 e. The molecule has 0 aromatic rings.